The Hall–Kier alpha value is -2.22. The van der Waals surface area contributed by atoms with Gasteiger partial charge in [0.2, 0.25) is 0 Å². The number of nitrogen functional groups attached to an aromatic ring is 2. The predicted octanol–water partition coefficient (Wildman–Crippen LogP) is 1.86. The molecule has 0 aliphatic heterocycles. The van der Waals surface area contributed by atoms with E-state index < -0.39 is 0 Å². The van der Waals surface area contributed by atoms with E-state index in [-0.39, 0.29) is 5.91 Å². The molecule has 0 saturated heterocycles. The van der Waals surface area contributed by atoms with Crippen LogP contribution in [0.5, 0.6) is 0 Å². The number of benzene rings is 1. The summed E-state index contributed by atoms with van der Waals surface area (Å²) in [7, 11) is 0. The average Bonchev–Trinajstić information content (AvgIpc) is 2.33. The summed E-state index contributed by atoms with van der Waals surface area (Å²) in [6.45, 7) is 5.07. The Kier molecular flexibility index (Phi) is 5.19. The topological polar surface area (TPSA) is 96.1 Å². The first-order valence-electron chi connectivity index (χ1n) is 6.27. The molecule has 0 saturated carbocycles. The van der Waals surface area contributed by atoms with Crippen LogP contribution in [0.15, 0.2) is 18.2 Å². The van der Waals surface area contributed by atoms with Crippen molar-refractivity contribution in [1.82, 2.24) is 4.90 Å². The Balaban J connectivity index is 2.94. The van der Waals surface area contributed by atoms with Crippen LogP contribution in [0.1, 0.15) is 30.6 Å². The molecule has 19 heavy (non-hydrogen) atoms. The lowest BCUT2D eigenvalue weighted by molar-refractivity contribution is 0.0741. The molecular weight excluding hydrogens is 240 g/mol. The van der Waals surface area contributed by atoms with E-state index in [9.17, 15) is 4.79 Å². The van der Waals surface area contributed by atoms with Gasteiger partial charge in [0.15, 0.2) is 0 Å². The quantitative estimate of drug-likeness (QED) is 0.790. The number of hydrogen-bond donors (Lipinski definition) is 2. The summed E-state index contributed by atoms with van der Waals surface area (Å²) in [5.74, 6) is 0.180. The van der Waals surface area contributed by atoms with E-state index in [1.54, 1.807) is 23.1 Å². The summed E-state index contributed by atoms with van der Waals surface area (Å²) in [6.07, 6.45) is 0.313. The largest absolute Gasteiger partial charge is 0.399 e. The van der Waals surface area contributed by atoms with Crippen LogP contribution < -0.4 is 11.5 Å². The minimum atomic E-state index is -0.151. The van der Waals surface area contributed by atoms with Crippen LogP contribution in [0.4, 0.5) is 11.4 Å². The molecule has 0 heterocycles. The van der Waals surface area contributed by atoms with Crippen LogP contribution in [0.3, 0.4) is 0 Å². The molecule has 5 heteroatoms. The number of carbonyl (C=O) groups excluding carboxylic acids is 1. The van der Waals surface area contributed by atoms with Crippen molar-refractivity contribution in [2.45, 2.75) is 20.3 Å². The number of nitrogens with zero attached hydrogens (tertiary/aromatic N) is 2. The lowest BCUT2D eigenvalue weighted by atomic mass is 10.1. The Morgan fingerprint density at radius 2 is 2.11 bits per heavy atom. The van der Waals surface area contributed by atoms with Crippen LogP contribution in [0, 0.1) is 17.2 Å². The van der Waals surface area contributed by atoms with E-state index in [1.165, 1.54) is 0 Å². The Morgan fingerprint density at radius 1 is 1.42 bits per heavy atom. The standard InChI is InChI=1S/C14H20N4O/c1-10(2)9-18(7-3-6-15)14(19)12-5-4-11(16)8-13(12)17/h4-5,8,10H,3,7,9,16-17H2,1-2H3. The molecule has 0 bridgehead atoms. The maximum Gasteiger partial charge on any atom is 0.255 e. The van der Waals surface area contributed by atoms with Crippen molar-refractivity contribution in [1.29, 1.82) is 5.26 Å². The Morgan fingerprint density at radius 3 is 2.63 bits per heavy atom. The van der Waals surface area contributed by atoms with Crippen molar-refractivity contribution in [3.8, 4) is 6.07 Å². The summed E-state index contributed by atoms with van der Waals surface area (Å²) >= 11 is 0. The van der Waals surface area contributed by atoms with Crippen molar-refractivity contribution < 1.29 is 4.79 Å². The summed E-state index contributed by atoms with van der Waals surface area (Å²) in [6, 6.07) is 6.92. The van der Waals surface area contributed by atoms with Gasteiger partial charge >= 0.3 is 0 Å². The molecular formula is C14H20N4O. The average molecular weight is 260 g/mol. The predicted molar refractivity (Wildman–Crippen MR) is 76.2 cm³/mol. The molecule has 0 spiro atoms. The van der Waals surface area contributed by atoms with E-state index in [2.05, 4.69) is 6.07 Å². The fourth-order valence-corrected chi connectivity index (χ4v) is 1.85. The maximum absolute atomic E-state index is 12.4. The highest BCUT2D eigenvalue weighted by Gasteiger charge is 2.18. The van der Waals surface area contributed by atoms with Crippen molar-refractivity contribution in [3.63, 3.8) is 0 Å². The van der Waals surface area contributed by atoms with Gasteiger partial charge in [-0.2, -0.15) is 5.26 Å². The van der Waals surface area contributed by atoms with Gasteiger partial charge in [-0.05, 0) is 24.1 Å². The van der Waals surface area contributed by atoms with Crippen molar-refractivity contribution in [2.24, 2.45) is 5.92 Å². The van der Waals surface area contributed by atoms with Gasteiger partial charge in [0.1, 0.15) is 0 Å². The van der Waals surface area contributed by atoms with Crippen LogP contribution in [-0.4, -0.2) is 23.9 Å². The van der Waals surface area contributed by atoms with Gasteiger partial charge in [-0.15, -0.1) is 0 Å². The molecule has 0 aliphatic carbocycles. The normalized spacial score (nSPS) is 10.2. The fraction of sp³-hybridized carbons (Fsp3) is 0.429. The molecule has 102 valence electrons. The zero-order chi connectivity index (χ0) is 14.4. The third-order valence-electron chi connectivity index (χ3n) is 2.67. The first kappa shape index (κ1) is 14.8. The molecule has 0 atom stereocenters. The fourth-order valence-electron chi connectivity index (χ4n) is 1.85. The second kappa shape index (κ2) is 6.64. The van der Waals surface area contributed by atoms with Crippen LogP contribution >= 0.6 is 0 Å². The zero-order valence-corrected chi connectivity index (χ0v) is 11.4. The smallest absolute Gasteiger partial charge is 0.255 e. The lowest BCUT2D eigenvalue weighted by Gasteiger charge is -2.24. The molecule has 1 rings (SSSR count). The second-order valence-corrected chi connectivity index (χ2v) is 4.90. The van der Waals surface area contributed by atoms with Gasteiger partial charge in [-0.1, -0.05) is 13.8 Å². The molecule has 1 aromatic carbocycles. The molecule has 0 fully saturated rings. The summed E-state index contributed by atoms with van der Waals surface area (Å²) in [5.41, 5.74) is 12.8. The molecule has 1 amide bonds. The van der Waals surface area contributed by atoms with Gasteiger partial charge in [0.05, 0.1) is 18.1 Å². The maximum atomic E-state index is 12.4. The number of nitriles is 1. The molecule has 0 radical (unpaired) electrons. The Bertz CT molecular complexity index is 491. The van der Waals surface area contributed by atoms with Crippen LogP contribution in [-0.2, 0) is 0 Å². The van der Waals surface area contributed by atoms with Gasteiger partial charge < -0.3 is 16.4 Å². The van der Waals surface area contributed by atoms with E-state index in [0.29, 0.717) is 42.4 Å². The second-order valence-electron chi connectivity index (χ2n) is 4.90. The first-order valence-corrected chi connectivity index (χ1v) is 6.27. The van der Waals surface area contributed by atoms with Crippen molar-refractivity contribution in [2.75, 3.05) is 24.6 Å². The van der Waals surface area contributed by atoms with E-state index in [4.69, 9.17) is 16.7 Å². The zero-order valence-electron chi connectivity index (χ0n) is 11.4. The van der Waals surface area contributed by atoms with E-state index in [0.717, 1.165) is 0 Å². The highest BCUT2D eigenvalue weighted by Crippen LogP contribution is 2.18. The molecule has 5 nitrogen and oxygen atoms in total. The number of carbonyl (C=O) groups is 1. The number of rotatable bonds is 5. The molecule has 4 N–H and O–H groups in total. The minimum Gasteiger partial charge on any atom is -0.399 e. The molecule has 0 unspecified atom stereocenters. The van der Waals surface area contributed by atoms with Crippen LogP contribution in [0.2, 0.25) is 0 Å². The molecule has 0 aliphatic rings. The first-order chi connectivity index (χ1) is 8.95. The number of amides is 1. The Labute approximate surface area is 113 Å². The lowest BCUT2D eigenvalue weighted by Crippen LogP contribution is -2.35. The van der Waals surface area contributed by atoms with Gasteiger partial charge in [0, 0.05) is 24.5 Å². The summed E-state index contributed by atoms with van der Waals surface area (Å²) in [4.78, 5) is 14.1. The van der Waals surface area contributed by atoms with Crippen LogP contribution in [0.25, 0.3) is 0 Å². The molecule has 1 aromatic rings. The number of nitrogens with two attached hydrogens (primary N) is 2. The highest BCUT2D eigenvalue weighted by molar-refractivity contribution is 5.99. The third kappa shape index (κ3) is 4.18. The van der Waals surface area contributed by atoms with Crippen molar-refractivity contribution >= 4 is 17.3 Å². The number of hydrogen-bond acceptors (Lipinski definition) is 4. The highest BCUT2D eigenvalue weighted by atomic mass is 16.2. The van der Waals surface area contributed by atoms with Gasteiger partial charge in [0.25, 0.3) is 5.91 Å². The number of anilines is 2. The summed E-state index contributed by atoms with van der Waals surface area (Å²) < 4.78 is 0. The summed E-state index contributed by atoms with van der Waals surface area (Å²) in [5, 5.41) is 8.66. The third-order valence-corrected chi connectivity index (χ3v) is 2.67. The monoisotopic (exact) mass is 260 g/mol. The van der Waals surface area contributed by atoms with Gasteiger partial charge in [-0.25, -0.2) is 0 Å². The molecule has 0 aromatic heterocycles. The van der Waals surface area contributed by atoms with E-state index in [1.807, 2.05) is 13.8 Å². The minimum absolute atomic E-state index is 0.151. The SMILES string of the molecule is CC(C)CN(CCC#N)C(=O)c1ccc(N)cc1N. The van der Waals surface area contributed by atoms with Gasteiger partial charge in [-0.3, -0.25) is 4.79 Å². The van der Waals surface area contributed by atoms with Crippen molar-refractivity contribution in [3.05, 3.63) is 23.8 Å². The van der Waals surface area contributed by atoms with E-state index >= 15 is 0 Å².